The molecular weight excluding hydrogens is 248 g/mol. The van der Waals surface area contributed by atoms with Crippen LogP contribution in [0.15, 0.2) is 0 Å². The highest BCUT2D eigenvalue weighted by Gasteiger charge is 1.93. The molecule has 0 rings (SSSR count). The summed E-state index contributed by atoms with van der Waals surface area (Å²) in [6, 6.07) is 0. The fraction of sp³-hybridized carbons (Fsp3) is 1.00. The first-order valence-corrected chi connectivity index (χ1v) is 8.90. The Hall–Kier alpha value is -0.120. The summed E-state index contributed by atoms with van der Waals surface area (Å²) in [6.45, 7) is 6.98. The fourth-order valence-corrected chi connectivity index (χ4v) is 2.27. The summed E-state index contributed by atoms with van der Waals surface area (Å²) in [7, 11) is 0. The van der Waals surface area contributed by atoms with Crippen molar-refractivity contribution in [2.75, 3.05) is 32.8 Å². The summed E-state index contributed by atoms with van der Waals surface area (Å²) in [4.78, 5) is 0. The Balaban J connectivity index is 2.89. The molecule has 0 aliphatic rings. The second-order valence-electron chi connectivity index (χ2n) is 5.69. The van der Waals surface area contributed by atoms with Gasteiger partial charge in [-0.3, -0.25) is 0 Å². The molecule has 122 valence electrons. The van der Waals surface area contributed by atoms with Crippen LogP contribution in [-0.4, -0.2) is 32.8 Å². The monoisotopic (exact) mass is 286 g/mol. The van der Waals surface area contributed by atoms with Crippen LogP contribution in [0.2, 0.25) is 0 Å². The number of nitrogens with one attached hydrogen (secondary N) is 1. The molecule has 0 saturated carbocycles. The molecule has 0 amide bonds. The quantitative estimate of drug-likeness (QED) is 0.399. The van der Waals surface area contributed by atoms with Gasteiger partial charge in [-0.05, 0) is 38.9 Å². The molecule has 0 aromatic heterocycles. The van der Waals surface area contributed by atoms with Crippen LogP contribution in [0.4, 0.5) is 0 Å². The van der Waals surface area contributed by atoms with E-state index >= 15 is 0 Å². The third kappa shape index (κ3) is 17.9. The van der Waals surface area contributed by atoms with Crippen molar-refractivity contribution in [2.24, 2.45) is 5.73 Å². The van der Waals surface area contributed by atoms with E-state index in [2.05, 4.69) is 12.2 Å². The topological polar surface area (TPSA) is 47.3 Å². The fourth-order valence-electron chi connectivity index (χ4n) is 2.27. The second kappa shape index (κ2) is 18.9. The van der Waals surface area contributed by atoms with Gasteiger partial charge in [0.25, 0.3) is 0 Å². The van der Waals surface area contributed by atoms with E-state index in [4.69, 9.17) is 10.5 Å². The average molecular weight is 287 g/mol. The Labute approximate surface area is 127 Å². The molecule has 0 unspecified atom stereocenters. The van der Waals surface area contributed by atoms with Gasteiger partial charge < -0.3 is 15.8 Å². The van der Waals surface area contributed by atoms with E-state index in [9.17, 15) is 0 Å². The zero-order chi connectivity index (χ0) is 14.7. The van der Waals surface area contributed by atoms with E-state index in [-0.39, 0.29) is 0 Å². The van der Waals surface area contributed by atoms with Crippen LogP contribution in [0, 0.1) is 0 Å². The van der Waals surface area contributed by atoms with E-state index in [1.165, 1.54) is 57.8 Å². The third-order valence-corrected chi connectivity index (χ3v) is 3.59. The van der Waals surface area contributed by atoms with Gasteiger partial charge in [-0.15, -0.1) is 0 Å². The first kappa shape index (κ1) is 19.9. The van der Waals surface area contributed by atoms with Gasteiger partial charge in [0.2, 0.25) is 0 Å². The average Bonchev–Trinajstić information content (AvgIpc) is 2.47. The number of ether oxygens (including phenoxy) is 1. The van der Waals surface area contributed by atoms with E-state index in [1.54, 1.807) is 0 Å². The first-order valence-electron chi connectivity index (χ1n) is 8.90. The van der Waals surface area contributed by atoms with Gasteiger partial charge in [-0.25, -0.2) is 0 Å². The highest BCUT2D eigenvalue weighted by Crippen LogP contribution is 2.09. The highest BCUT2D eigenvalue weighted by atomic mass is 16.5. The molecule has 0 aromatic rings. The highest BCUT2D eigenvalue weighted by molar-refractivity contribution is 4.49. The van der Waals surface area contributed by atoms with Gasteiger partial charge >= 0.3 is 0 Å². The maximum absolute atomic E-state index is 5.64. The minimum Gasteiger partial charge on any atom is -0.381 e. The lowest BCUT2D eigenvalue weighted by Gasteiger charge is -2.06. The number of hydrogen-bond donors (Lipinski definition) is 2. The van der Waals surface area contributed by atoms with Gasteiger partial charge in [-0.2, -0.15) is 0 Å². The van der Waals surface area contributed by atoms with Crippen molar-refractivity contribution >= 4 is 0 Å². The Kier molecular flexibility index (Phi) is 18.8. The van der Waals surface area contributed by atoms with Crippen molar-refractivity contribution in [3.8, 4) is 0 Å². The van der Waals surface area contributed by atoms with Crippen LogP contribution in [0.1, 0.15) is 77.6 Å². The van der Waals surface area contributed by atoms with Crippen LogP contribution in [0.5, 0.6) is 0 Å². The molecule has 20 heavy (non-hydrogen) atoms. The molecule has 3 N–H and O–H groups in total. The van der Waals surface area contributed by atoms with E-state index in [0.29, 0.717) is 0 Å². The van der Waals surface area contributed by atoms with Crippen molar-refractivity contribution in [1.29, 1.82) is 0 Å². The third-order valence-electron chi connectivity index (χ3n) is 3.59. The zero-order valence-corrected chi connectivity index (χ0v) is 13.8. The molecule has 0 bridgehead atoms. The van der Waals surface area contributed by atoms with Crippen molar-refractivity contribution in [2.45, 2.75) is 77.6 Å². The predicted molar refractivity (Wildman–Crippen MR) is 89.2 cm³/mol. The van der Waals surface area contributed by atoms with Crippen LogP contribution in [-0.2, 0) is 4.74 Å². The van der Waals surface area contributed by atoms with Crippen LogP contribution in [0.25, 0.3) is 0 Å². The zero-order valence-electron chi connectivity index (χ0n) is 13.8. The molecule has 0 atom stereocenters. The largest absolute Gasteiger partial charge is 0.381 e. The predicted octanol–water partition coefficient (Wildman–Crippen LogP) is 3.86. The SMILES string of the molecule is CCCCCCCCCCCOCCCNCCCN. The van der Waals surface area contributed by atoms with Crippen LogP contribution >= 0.6 is 0 Å². The molecule has 0 aliphatic heterocycles. The van der Waals surface area contributed by atoms with Crippen molar-refractivity contribution < 1.29 is 4.74 Å². The summed E-state index contributed by atoms with van der Waals surface area (Å²) in [6.07, 6.45) is 14.6. The molecular formula is C17H38N2O. The van der Waals surface area contributed by atoms with Crippen LogP contribution < -0.4 is 11.1 Å². The summed E-state index contributed by atoms with van der Waals surface area (Å²) in [5.41, 5.74) is 5.42. The molecule has 0 spiro atoms. The number of unbranched alkanes of at least 4 members (excludes halogenated alkanes) is 8. The number of nitrogens with two attached hydrogens (primary N) is 1. The minimum atomic E-state index is 0.780. The van der Waals surface area contributed by atoms with E-state index in [1.807, 2.05) is 0 Å². The van der Waals surface area contributed by atoms with Gasteiger partial charge in [-0.1, -0.05) is 58.3 Å². The van der Waals surface area contributed by atoms with Gasteiger partial charge in [0.15, 0.2) is 0 Å². The summed E-state index contributed by atoms with van der Waals surface area (Å²) in [5, 5.41) is 3.37. The molecule has 3 nitrogen and oxygen atoms in total. The number of rotatable bonds is 17. The van der Waals surface area contributed by atoms with E-state index in [0.717, 1.165) is 45.7 Å². The Bertz CT molecular complexity index is 147. The van der Waals surface area contributed by atoms with Crippen molar-refractivity contribution in [3.63, 3.8) is 0 Å². The standard InChI is InChI=1S/C17H38N2O/c1-2-3-4-5-6-7-8-9-10-16-20-17-12-15-19-14-11-13-18/h19H,2-18H2,1H3. The molecule has 0 aliphatic carbocycles. The molecule has 0 aromatic carbocycles. The van der Waals surface area contributed by atoms with Crippen molar-refractivity contribution in [1.82, 2.24) is 5.32 Å². The molecule has 3 heteroatoms. The molecule has 0 heterocycles. The smallest absolute Gasteiger partial charge is 0.0478 e. The van der Waals surface area contributed by atoms with Gasteiger partial charge in [0.05, 0.1) is 0 Å². The summed E-state index contributed by atoms with van der Waals surface area (Å²) >= 11 is 0. The van der Waals surface area contributed by atoms with Gasteiger partial charge in [0, 0.05) is 13.2 Å². The summed E-state index contributed by atoms with van der Waals surface area (Å²) < 4.78 is 5.64. The lowest BCUT2D eigenvalue weighted by Crippen LogP contribution is -2.20. The van der Waals surface area contributed by atoms with E-state index < -0.39 is 0 Å². The Morgan fingerprint density at radius 2 is 1.25 bits per heavy atom. The molecule has 0 radical (unpaired) electrons. The first-order chi connectivity index (χ1) is 9.91. The van der Waals surface area contributed by atoms with Crippen LogP contribution in [0.3, 0.4) is 0 Å². The Morgan fingerprint density at radius 1 is 0.700 bits per heavy atom. The second-order valence-corrected chi connectivity index (χ2v) is 5.69. The lowest BCUT2D eigenvalue weighted by molar-refractivity contribution is 0.127. The number of hydrogen-bond acceptors (Lipinski definition) is 3. The lowest BCUT2D eigenvalue weighted by atomic mass is 10.1. The maximum atomic E-state index is 5.64. The summed E-state index contributed by atoms with van der Waals surface area (Å²) in [5.74, 6) is 0. The molecule has 0 saturated heterocycles. The minimum absolute atomic E-state index is 0.780. The van der Waals surface area contributed by atoms with Crippen molar-refractivity contribution in [3.05, 3.63) is 0 Å². The maximum Gasteiger partial charge on any atom is 0.0478 e. The normalized spacial score (nSPS) is 11.1. The van der Waals surface area contributed by atoms with Gasteiger partial charge in [0.1, 0.15) is 0 Å². The Morgan fingerprint density at radius 3 is 1.90 bits per heavy atom. The molecule has 0 fully saturated rings.